The minimum absolute atomic E-state index is 0.0299. The molecular weight excluding hydrogens is 340 g/mol. The topological polar surface area (TPSA) is 106 Å². The van der Waals surface area contributed by atoms with Crippen LogP contribution in [0.1, 0.15) is 41.0 Å². The Kier molecular flexibility index (Phi) is 4.07. The van der Waals surface area contributed by atoms with Crippen molar-refractivity contribution in [1.29, 1.82) is 0 Å². The fraction of sp³-hybridized carbons (Fsp3) is 0.333. The van der Waals surface area contributed by atoms with E-state index in [-0.39, 0.29) is 11.6 Å². The zero-order chi connectivity index (χ0) is 18.4. The molecule has 1 aromatic carbocycles. The van der Waals surface area contributed by atoms with Crippen molar-refractivity contribution in [2.45, 2.75) is 32.0 Å². The molecule has 0 fully saturated rings. The highest BCUT2D eigenvalue weighted by molar-refractivity contribution is 7.14. The molecule has 1 unspecified atom stereocenters. The molecule has 130 valence electrons. The largest absolute Gasteiger partial charge is 0.489 e. The predicted octanol–water partition coefficient (Wildman–Crippen LogP) is 1.63. The van der Waals surface area contributed by atoms with Crippen LogP contribution in [0.25, 0.3) is 11.3 Å². The molecule has 1 aromatic heterocycles. The van der Waals surface area contributed by atoms with Crippen molar-refractivity contribution in [3.8, 4) is 28.8 Å². The number of ether oxygens (including phenoxy) is 1. The van der Waals surface area contributed by atoms with Gasteiger partial charge in [-0.1, -0.05) is 11.8 Å². The van der Waals surface area contributed by atoms with Crippen LogP contribution in [0, 0.1) is 11.8 Å². The Hall–Kier alpha value is -2.40. The van der Waals surface area contributed by atoms with Crippen LogP contribution in [-0.4, -0.2) is 33.3 Å². The van der Waals surface area contributed by atoms with Gasteiger partial charge in [0, 0.05) is 11.1 Å². The van der Waals surface area contributed by atoms with Crippen LogP contribution < -0.4 is 10.5 Å². The number of nitrogens with two attached hydrogens (primary N) is 1. The smallest absolute Gasteiger partial charge is 0.277 e. The first-order valence-electron chi connectivity index (χ1n) is 7.63. The van der Waals surface area contributed by atoms with Crippen molar-refractivity contribution in [2.75, 3.05) is 6.61 Å². The van der Waals surface area contributed by atoms with Crippen LogP contribution in [-0.2, 0) is 5.60 Å². The van der Waals surface area contributed by atoms with Gasteiger partial charge in [0.05, 0.1) is 10.6 Å². The van der Waals surface area contributed by atoms with E-state index in [9.17, 15) is 15.0 Å². The zero-order valence-corrected chi connectivity index (χ0v) is 14.9. The number of hydrogen-bond donors (Lipinski definition) is 3. The van der Waals surface area contributed by atoms with E-state index in [0.717, 1.165) is 11.3 Å². The van der Waals surface area contributed by atoms with Gasteiger partial charge in [-0.05, 0) is 39.0 Å². The highest BCUT2D eigenvalue weighted by Gasteiger charge is 2.36. The fourth-order valence-electron chi connectivity index (χ4n) is 2.40. The number of primary amides is 1. The first-order chi connectivity index (χ1) is 11.6. The Morgan fingerprint density at radius 1 is 1.48 bits per heavy atom. The number of carbonyl (C=O) groups is 1. The highest BCUT2D eigenvalue weighted by atomic mass is 32.1. The number of fused-ring (bicyclic) bond motifs is 3. The van der Waals surface area contributed by atoms with E-state index in [1.54, 1.807) is 39.0 Å². The van der Waals surface area contributed by atoms with E-state index in [2.05, 4.69) is 16.8 Å². The number of aliphatic hydroxyl groups is 2. The van der Waals surface area contributed by atoms with Crippen LogP contribution in [0.3, 0.4) is 0 Å². The number of aromatic nitrogens is 1. The summed E-state index contributed by atoms with van der Waals surface area (Å²) in [5, 5.41) is 20.6. The molecule has 0 saturated carbocycles. The third-order valence-corrected chi connectivity index (χ3v) is 4.91. The second kappa shape index (κ2) is 5.85. The van der Waals surface area contributed by atoms with Crippen molar-refractivity contribution in [3.63, 3.8) is 0 Å². The summed E-state index contributed by atoms with van der Waals surface area (Å²) in [4.78, 5) is 16.3. The second-order valence-corrected chi connectivity index (χ2v) is 7.64. The molecule has 4 N–H and O–H groups in total. The predicted molar refractivity (Wildman–Crippen MR) is 94.3 cm³/mol. The molecule has 0 spiro atoms. The lowest BCUT2D eigenvalue weighted by Gasteiger charge is -2.19. The molecule has 0 saturated heterocycles. The van der Waals surface area contributed by atoms with Crippen molar-refractivity contribution in [3.05, 3.63) is 33.6 Å². The summed E-state index contributed by atoms with van der Waals surface area (Å²) >= 11 is 1.06. The van der Waals surface area contributed by atoms with Gasteiger partial charge in [0.2, 0.25) is 0 Å². The molecule has 2 heterocycles. The molecule has 25 heavy (non-hydrogen) atoms. The van der Waals surface area contributed by atoms with E-state index < -0.39 is 17.1 Å². The third kappa shape index (κ3) is 3.51. The minimum atomic E-state index is -1.29. The number of hydrogen-bond acceptors (Lipinski definition) is 6. The highest BCUT2D eigenvalue weighted by Crippen LogP contribution is 2.43. The maximum Gasteiger partial charge on any atom is 0.277 e. The monoisotopic (exact) mass is 358 g/mol. The Bertz CT molecular complexity index is 913. The Balaban J connectivity index is 2.18. The van der Waals surface area contributed by atoms with Crippen molar-refractivity contribution < 1.29 is 19.7 Å². The zero-order valence-electron chi connectivity index (χ0n) is 14.1. The molecule has 0 aliphatic carbocycles. The molecule has 1 amide bonds. The van der Waals surface area contributed by atoms with Crippen LogP contribution in [0.5, 0.6) is 5.75 Å². The van der Waals surface area contributed by atoms with Gasteiger partial charge in [0.25, 0.3) is 5.91 Å². The quantitative estimate of drug-likeness (QED) is 0.672. The normalized spacial score (nSPS) is 18.9. The van der Waals surface area contributed by atoms with Gasteiger partial charge in [-0.25, -0.2) is 4.98 Å². The molecular formula is C18H18N2O4S. The molecule has 3 rings (SSSR count). The molecule has 1 aliphatic heterocycles. The summed E-state index contributed by atoms with van der Waals surface area (Å²) in [6.07, 6.45) is 0. The Morgan fingerprint density at radius 2 is 2.20 bits per heavy atom. The van der Waals surface area contributed by atoms with E-state index >= 15 is 0 Å². The Morgan fingerprint density at radius 3 is 2.84 bits per heavy atom. The first kappa shape index (κ1) is 17.4. The van der Waals surface area contributed by atoms with Gasteiger partial charge in [-0.15, -0.1) is 11.3 Å². The molecule has 7 heteroatoms. The molecule has 0 bridgehead atoms. The van der Waals surface area contributed by atoms with E-state index in [1.165, 1.54) is 0 Å². The van der Waals surface area contributed by atoms with Crippen LogP contribution in [0.15, 0.2) is 18.2 Å². The Labute approximate surface area is 149 Å². The number of amides is 1. The standard InChI is InChI=1S/C18H18N2O4S/c1-17(2,22)7-6-10-4-5-12-11(8-10)13-14(18(3,23)9-24-12)25-16(20-13)15(19)21/h4-5,8,22-23H,9H2,1-3H3,(H2,19,21). The lowest BCUT2D eigenvalue weighted by atomic mass is 10.0. The maximum atomic E-state index is 11.5. The van der Waals surface area contributed by atoms with Gasteiger partial charge in [0.15, 0.2) is 5.01 Å². The fourth-order valence-corrected chi connectivity index (χ4v) is 3.36. The van der Waals surface area contributed by atoms with Crippen LogP contribution in [0.4, 0.5) is 0 Å². The second-order valence-electron chi connectivity index (χ2n) is 6.64. The van der Waals surface area contributed by atoms with E-state index in [0.29, 0.717) is 27.4 Å². The van der Waals surface area contributed by atoms with Crippen LogP contribution in [0.2, 0.25) is 0 Å². The molecule has 0 radical (unpaired) electrons. The maximum absolute atomic E-state index is 11.5. The minimum Gasteiger partial charge on any atom is -0.489 e. The SMILES string of the molecule is CC(C)(O)C#Cc1ccc2c(c1)-c1nc(C(N)=O)sc1C(C)(O)CO2. The van der Waals surface area contributed by atoms with Crippen LogP contribution >= 0.6 is 11.3 Å². The summed E-state index contributed by atoms with van der Waals surface area (Å²) < 4.78 is 5.71. The van der Waals surface area contributed by atoms with Gasteiger partial charge in [-0.2, -0.15) is 0 Å². The lowest BCUT2D eigenvalue weighted by Crippen LogP contribution is -2.27. The molecule has 1 atom stereocenters. The van der Waals surface area contributed by atoms with Gasteiger partial charge in [0.1, 0.15) is 23.6 Å². The van der Waals surface area contributed by atoms with Gasteiger partial charge < -0.3 is 20.7 Å². The summed E-state index contributed by atoms with van der Waals surface area (Å²) in [5.41, 5.74) is 4.68. The molecule has 2 aromatic rings. The summed E-state index contributed by atoms with van der Waals surface area (Å²) in [6, 6.07) is 5.26. The summed E-state index contributed by atoms with van der Waals surface area (Å²) in [7, 11) is 0. The van der Waals surface area contributed by atoms with Crippen molar-refractivity contribution >= 4 is 17.2 Å². The van der Waals surface area contributed by atoms with E-state index in [1.807, 2.05) is 0 Å². The van der Waals surface area contributed by atoms with Gasteiger partial charge >= 0.3 is 0 Å². The number of nitrogens with zero attached hydrogens (tertiary/aromatic N) is 1. The molecule has 1 aliphatic rings. The number of carbonyl (C=O) groups excluding carboxylic acids is 1. The molecule has 6 nitrogen and oxygen atoms in total. The number of rotatable bonds is 1. The van der Waals surface area contributed by atoms with E-state index in [4.69, 9.17) is 10.5 Å². The number of thiazole rings is 1. The third-order valence-electron chi connectivity index (χ3n) is 3.58. The van der Waals surface area contributed by atoms with Crippen molar-refractivity contribution in [1.82, 2.24) is 4.98 Å². The lowest BCUT2D eigenvalue weighted by molar-refractivity contribution is 0.0132. The number of benzene rings is 1. The van der Waals surface area contributed by atoms with Gasteiger partial charge in [-0.3, -0.25) is 4.79 Å². The average Bonchev–Trinajstić information content (AvgIpc) is 2.93. The first-order valence-corrected chi connectivity index (χ1v) is 8.45. The van der Waals surface area contributed by atoms with Crippen molar-refractivity contribution in [2.24, 2.45) is 5.73 Å². The average molecular weight is 358 g/mol. The summed E-state index contributed by atoms with van der Waals surface area (Å²) in [6.45, 7) is 4.83. The summed E-state index contributed by atoms with van der Waals surface area (Å²) in [5.74, 6) is 5.54.